The van der Waals surface area contributed by atoms with E-state index in [1.54, 1.807) is 12.1 Å². The summed E-state index contributed by atoms with van der Waals surface area (Å²) < 4.78 is 37.5. The van der Waals surface area contributed by atoms with E-state index in [-0.39, 0.29) is 5.92 Å². The molecule has 0 aliphatic heterocycles. The van der Waals surface area contributed by atoms with Crippen LogP contribution in [0.1, 0.15) is 35.1 Å². The van der Waals surface area contributed by atoms with Crippen LogP contribution in [-0.2, 0) is 6.18 Å². The molecule has 0 spiro atoms. The van der Waals surface area contributed by atoms with Gasteiger partial charge in [-0.15, -0.1) is 0 Å². The summed E-state index contributed by atoms with van der Waals surface area (Å²) in [6.45, 7) is 1.92. The first-order valence-electron chi connectivity index (χ1n) is 6.09. The van der Waals surface area contributed by atoms with E-state index in [9.17, 15) is 13.2 Å². The maximum atomic E-state index is 12.5. The molecule has 0 unspecified atom stereocenters. The van der Waals surface area contributed by atoms with Crippen LogP contribution < -0.4 is 0 Å². The zero-order chi connectivity index (χ0) is 14.8. The van der Waals surface area contributed by atoms with Crippen molar-refractivity contribution in [2.75, 3.05) is 0 Å². The van der Waals surface area contributed by atoms with Crippen molar-refractivity contribution in [1.29, 1.82) is 5.26 Å². The van der Waals surface area contributed by atoms with Crippen molar-refractivity contribution in [3.05, 3.63) is 70.8 Å². The summed E-state index contributed by atoms with van der Waals surface area (Å²) in [4.78, 5) is 0. The Labute approximate surface area is 115 Å². The molecular formula is C16H12F3N. The van der Waals surface area contributed by atoms with E-state index >= 15 is 0 Å². The molecule has 102 valence electrons. The maximum absolute atomic E-state index is 12.5. The van der Waals surface area contributed by atoms with Gasteiger partial charge < -0.3 is 0 Å². The number of rotatable bonds is 2. The lowest BCUT2D eigenvalue weighted by molar-refractivity contribution is -0.137. The smallest absolute Gasteiger partial charge is 0.192 e. The standard InChI is InChI=1S/C16H12F3N/c1-11(13-4-2-12(10-20)3-5-13)14-6-8-15(9-7-14)16(17,18)19/h2-9,11H,1H3/t11-/m1/s1. The van der Waals surface area contributed by atoms with Crippen LogP contribution in [0.25, 0.3) is 0 Å². The highest BCUT2D eigenvalue weighted by molar-refractivity contribution is 5.38. The minimum Gasteiger partial charge on any atom is -0.192 e. The third-order valence-corrected chi connectivity index (χ3v) is 3.28. The van der Waals surface area contributed by atoms with Crippen LogP contribution in [0.2, 0.25) is 0 Å². The number of hydrogen-bond acceptors (Lipinski definition) is 1. The fraction of sp³-hybridized carbons (Fsp3) is 0.188. The molecule has 0 bridgehead atoms. The van der Waals surface area contributed by atoms with Gasteiger partial charge in [0.1, 0.15) is 0 Å². The summed E-state index contributed by atoms with van der Waals surface area (Å²) in [6.07, 6.45) is -4.31. The Kier molecular flexibility index (Phi) is 3.80. The van der Waals surface area contributed by atoms with Gasteiger partial charge in [-0.25, -0.2) is 0 Å². The van der Waals surface area contributed by atoms with Crippen LogP contribution in [0.3, 0.4) is 0 Å². The number of nitriles is 1. The second-order valence-electron chi connectivity index (χ2n) is 4.58. The number of alkyl halides is 3. The molecule has 0 aromatic heterocycles. The number of benzene rings is 2. The third-order valence-electron chi connectivity index (χ3n) is 3.28. The van der Waals surface area contributed by atoms with Crippen LogP contribution in [0.4, 0.5) is 13.2 Å². The zero-order valence-electron chi connectivity index (χ0n) is 10.8. The lowest BCUT2D eigenvalue weighted by Gasteiger charge is -2.14. The van der Waals surface area contributed by atoms with Gasteiger partial charge in [-0.3, -0.25) is 0 Å². The van der Waals surface area contributed by atoms with E-state index in [4.69, 9.17) is 5.26 Å². The molecule has 1 nitrogen and oxygen atoms in total. The van der Waals surface area contributed by atoms with Crippen LogP contribution in [0, 0.1) is 11.3 Å². The van der Waals surface area contributed by atoms with Gasteiger partial charge >= 0.3 is 6.18 Å². The highest BCUT2D eigenvalue weighted by Crippen LogP contribution is 2.31. The highest BCUT2D eigenvalue weighted by atomic mass is 19.4. The lowest BCUT2D eigenvalue weighted by atomic mass is 9.92. The average molecular weight is 275 g/mol. The molecule has 0 heterocycles. The molecule has 0 N–H and O–H groups in total. The molecule has 0 saturated heterocycles. The Hall–Kier alpha value is -2.28. The molecule has 0 amide bonds. The Bertz CT molecular complexity index is 619. The predicted molar refractivity (Wildman–Crippen MR) is 70.1 cm³/mol. The van der Waals surface area contributed by atoms with Crippen molar-refractivity contribution >= 4 is 0 Å². The SMILES string of the molecule is C[C@H](c1ccc(C#N)cc1)c1ccc(C(F)(F)F)cc1. The molecular weight excluding hydrogens is 263 g/mol. The maximum Gasteiger partial charge on any atom is 0.416 e. The first-order valence-corrected chi connectivity index (χ1v) is 6.09. The van der Waals surface area contributed by atoms with E-state index in [0.29, 0.717) is 5.56 Å². The quantitative estimate of drug-likeness (QED) is 0.777. The van der Waals surface area contributed by atoms with Gasteiger partial charge in [-0.05, 0) is 35.4 Å². The van der Waals surface area contributed by atoms with Crippen molar-refractivity contribution < 1.29 is 13.2 Å². The van der Waals surface area contributed by atoms with Gasteiger partial charge in [-0.1, -0.05) is 31.2 Å². The van der Waals surface area contributed by atoms with E-state index in [1.165, 1.54) is 12.1 Å². The fourth-order valence-corrected chi connectivity index (χ4v) is 2.00. The summed E-state index contributed by atoms with van der Waals surface area (Å²) in [7, 11) is 0. The minimum absolute atomic E-state index is 0.0231. The molecule has 0 radical (unpaired) electrons. The molecule has 0 fully saturated rings. The van der Waals surface area contributed by atoms with Gasteiger partial charge in [0.2, 0.25) is 0 Å². The van der Waals surface area contributed by atoms with Gasteiger partial charge in [0.15, 0.2) is 0 Å². The minimum atomic E-state index is -4.31. The van der Waals surface area contributed by atoms with Crippen LogP contribution in [-0.4, -0.2) is 0 Å². The van der Waals surface area contributed by atoms with E-state index in [0.717, 1.165) is 23.3 Å². The summed E-state index contributed by atoms with van der Waals surface area (Å²) in [5.74, 6) is -0.0231. The summed E-state index contributed by atoms with van der Waals surface area (Å²) >= 11 is 0. The second kappa shape index (κ2) is 5.38. The average Bonchev–Trinajstić information content (AvgIpc) is 2.46. The van der Waals surface area contributed by atoms with Crippen molar-refractivity contribution in [2.24, 2.45) is 0 Å². The van der Waals surface area contributed by atoms with Crippen molar-refractivity contribution in [2.45, 2.75) is 19.0 Å². The fourth-order valence-electron chi connectivity index (χ4n) is 2.00. The first-order chi connectivity index (χ1) is 9.41. The molecule has 0 aliphatic carbocycles. The third kappa shape index (κ3) is 3.00. The summed E-state index contributed by atoms with van der Waals surface area (Å²) in [5.41, 5.74) is 1.69. The Morgan fingerprint density at radius 1 is 0.900 bits per heavy atom. The van der Waals surface area contributed by atoms with Crippen LogP contribution in [0.15, 0.2) is 48.5 Å². The Morgan fingerprint density at radius 3 is 1.75 bits per heavy atom. The largest absolute Gasteiger partial charge is 0.416 e. The van der Waals surface area contributed by atoms with Gasteiger partial charge in [0, 0.05) is 5.92 Å². The molecule has 20 heavy (non-hydrogen) atoms. The van der Waals surface area contributed by atoms with Crippen molar-refractivity contribution in [1.82, 2.24) is 0 Å². The van der Waals surface area contributed by atoms with Crippen LogP contribution >= 0.6 is 0 Å². The van der Waals surface area contributed by atoms with Crippen LogP contribution in [0.5, 0.6) is 0 Å². The molecule has 0 aliphatic rings. The number of halogens is 3. The number of hydrogen-bond donors (Lipinski definition) is 0. The van der Waals surface area contributed by atoms with E-state index in [2.05, 4.69) is 0 Å². The second-order valence-corrected chi connectivity index (χ2v) is 4.58. The Morgan fingerprint density at radius 2 is 1.35 bits per heavy atom. The first kappa shape index (κ1) is 14.1. The Balaban J connectivity index is 2.24. The molecule has 4 heteroatoms. The van der Waals surface area contributed by atoms with E-state index < -0.39 is 11.7 Å². The van der Waals surface area contributed by atoms with Gasteiger partial charge in [0.25, 0.3) is 0 Å². The summed E-state index contributed by atoms with van der Waals surface area (Å²) in [5, 5.41) is 8.73. The van der Waals surface area contributed by atoms with Gasteiger partial charge in [-0.2, -0.15) is 18.4 Å². The number of nitrogens with zero attached hydrogens (tertiary/aromatic N) is 1. The predicted octanol–water partition coefficient (Wildman–Crippen LogP) is 4.73. The molecule has 2 aromatic rings. The molecule has 2 aromatic carbocycles. The monoisotopic (exact) mass is 275 g/mol. The molecule has 2 rings (SSSR count). The topological polar surface area (TPSA) is 23.8 Å². The summed E-state index contributed by atoms with van der Waals surface area (Å²) in [6, 6.07) is 14.3. The zero-order valence-corrected chi connectivity index (χ0v) is 10.8. The van der Waals surface area contributed by atoms with E-state index in [1.807, 2.05) is 25.1 Å². The van der Waals surface area contributed by atoms with Gasteiger partial charge in [0.05, 0.1) is 17.2 Å². The van der Waals surface area contributed by atoms with Crippen molar-refractivity contribution in [3.63, 3.8) is 0 Å². The highest BCUT2D eigenvalue weighted by Gasteiger charge is 2.30. The molecule has 0 saturated carbocycles. The normalized spacial score (nSPS) is 12.8. The lowest BCUT2D eigenvalue weighted by Crippen LogP contribution is -2.05. The molecule has 1 atom stereocenters. The van der Waals surface area contributed by atoms with Crippen molar-refractivity contribution in [3.8, 4) is 6.07 Å².